The molecule has 0 aliphatic heterocycles. The van der Waals surface area contributed by atoms with E-state index in [2.05, 4.69) is 5.32 Å². The molecule has 0 aromatic heterocycles. The molecule has 0 saturated heterocycles. The number of rotatable bonds is 7. The van der Waals surface area contributed by atoms with E-state index in [-0.39, 0.29) is 0 Å². The second-order valence-electron chi connectivity index (χ2n) is 7.01. The number of ether oxygens (including phenoxy) is 2. The summed E-state index contributed by atoms with van der Waals surface area (Å²) in [6, 6.07) is 16.8. The van der Waals surface area contributed by atoms with Crippen molar-refractivity contribution in [3.8, 4) is 5.75 Å². The van der Waals surface area contributed by atoms with E-state index < -0.39 is 17.7 Å². The summed E-state index contributed by atoms with van der Waals surface area (Å²) in [6.45, 7) is 5.82. The van der Waals surface area contributed by atoms with Gasteiger partial charge in [0.05, 0.1) is 6.04 Å². The van der Waals surface area contributed by atoms with Gasteiger partial charge in [0.1, 0.15) is 24.2 Å². The summed E-state index contributed by atoms with van der Waals surface area (Å²) in [4.78, 5) is 23.0. The highest BCUT2D eigenvalue weighted by molar-refractivity contribution is 5.73. The summed E-state index contributed by atoms with van der Waals surface area (Å²) in [5.41, 5.74) is 1.42. The number of carbonyl (C=O) groups is 2. The van der Waals surface area contributed by atoms with Crippen molar-refractivity contribution < 1.29 is 24.2 Å². The Morgan fingerprint density at radius 1 is 1.04 bits per heavy atom. The molecule has 1 unspecified atom stereocenters. The highest BCUT2D eigenvalue weighted by atomic mass is 16.6. The van der Waals surface area contributed by atoms with Crippen molar-refractivity contribution in [2.75, 3.05) is 7.11 Å². The fourth-order valence-electron chi connectivity index (χ4n) is 2.31. The lowest BCUT2D eigenvalue weighted by Crippen LogP contribution is -2.41. The van der Waals surface area contributed by atoms with Gasteiger partial charge in [0.25, 0.3) is 0 Å². The molecule has 2 aromatic rings. The minimum Gasteiger partial charge on any atom is -0.489 e. The van der Waals surface area contributed by atoms with Crippen LogP contribution < -0.4 is 10.1 Å². The molecule has 0 aliphatic carbocycles. The molecule has 0 heterocycles. The normalized spacial score (nSPS) is 11.5. The molecule has 28 heavy (non-hydrogen) atoms. The van der Waals surface area contributed by atoms with Crippen LogP contribution in [0.2, 0.25) is 0 Å². The van der Waals surface area contributed by atoms with Gasteiger partial charge in [-0.15, -0.1) is 0 Å². The monoisotopic (exact) mass is 387 g/mol. The average Bonchev–Trinajstić information content (AvgIpc) is 2.68. The van der Waals surface area contributed by atoms with Gasteiger partial charge in [0.15, 0.2) is 0 Å². The molecule has 0 fully saturated rings. The zero-order chi connectivity index (χ0) is 21.0. The van der Waals surface area contributed by atoms with Crippen LogP contribution in [-0.2, 0) is 22.6 Å². The first kappa shape index (κ1) is 23.2. The molecule has 0 saturated carbocycles. The Morgan fingerprint density at radius 3 is 2.18 bits per heavy atom. The van der Waals surface area contributed by atoms with Gasteiger partial charge in [-0.2, -0.15) is 0 Å². The van der Waals surface area contributed by atoms with Gasteiger partial charge < -0.3 is 24.7 Å². The van der Waals surface area contributed by atoms with Crippen molar-refractivity contribution in [2.24, 2.45) is 0 Å². The number of nitrogens with one attached hydrogen (secondary N) is 1. The van der Waals surface area contributed by atoms with Gasteiger partial charge in [-0.05, 0) is 50.5 Å². The Balaban J connectivity index is 0.00000190. The number of alkyl carbamates (subject to hydrolysis) is 1. The van der Waals surface area contributed by atoms with Crippen LogP contribution in [0, 0.1) is 0 Å². The lowest BCUT2D eigenvalue weighted by molar-refractivity contribution is -0.109. The largest absolute Gasteiger partial charge is 0.489 e. The number of hydrogen-bond acceptors (Lipinski definition) is 5. The zero-order valence-electron chi connectivity index (χ0n) is 16.8. The van der Waals surface area contributed by atoms with Crippen molar-refractivity contribution in [2.45, 2.75) is 45.4 Å². The molecule has 2 aromatic carbocycles. The van der Waals surface area contributed by atoms with E-state index in [9.17, 15) is 9.59 Å². The number of amides is 1. The van der Waals surface area contributed by atoms with E-state index >= 15 is 0 Å². The topological polar surface area (TPSA) is 84.9 Å². The highest BCUT2D eigenvalue weighted by Gasteiger charge is 2.19. The Bertz CT molecular complexity index is 708. The second-order valence-corrected chi connectivity index (χ2v) is 7.01. The molecular formula is C22H29NO5. The van der Waals surface area contributed by atoms with Gasteiger partial charge in [-0.25, -0.2) is 4.79 Å². The first-order chi connectivity index (χ1) is 13.4. The quantitative estimate of drug-likeness (QED) is 0.710. The first-order valence-electron chi connectivity index (χ1n) is 9.01. The lowest BCUT2D eigenvalue weighted by atomic mass is 10.1. The minimum absolute atomic E-state index is 0.391. The smallest absolute Gasteiger partial charge is 0.408 e. The number of aliphatic hydroxyl groups excluding tert-OH is 1. The van der Waals surface area contributed by atoms with Crippen molar-refractivity contribution in [3.05, 3.63) is 65.7 Å². The van der Waals surface area contributed by atoms with Crippen LogP contribution in [-0.4, -0.2) is 36.2 Å². The number of hydrogen-bond donors (Lipinski definition) is 2. The Morgan fingerprint density at radius 2 is 1.64 bits per heavy atom. The Kier molecular flexibility index (Phi) is 9.74. The Hall–Kier alpha value is -2.86. The molecule has 152 valence electrons. The fourth-order valence-corrected chi connectivity index (χ4v) is 2.31. The van der Waals surface area contributed by atoms with Crippen molar-refractivity contribution >= 4 is 12.4 Å². The molecule has 0 radical (unpaired) electrons. The maximum absolute atomic E-state index is 11.8. The predicted molar refractivity (Wildman–Crippen MR) is 108 cm³/mol. The van der Waals surface area contributed by atoms with E-state index in [4.69, 9.17) is 14.6 Å². The molecule has 2 N–H and O–H groups in total. The van der Waals surface area contributed by atoms with E-state index in [1.165, 1.54) is 0 Å². The summed E-state index contributed by atoms with van der Waals surface area (Å²) < 4.78 is 10.9. The summed E-state index contributed by atoms with van der Waals surface area (Å²) >= 11 is 0. The number of benzene rings is 2. The van der Waals surface area contributed by atoms with Gasteiger partial charge in [-0.1, -0.05) is 42.5 Å². The molecule has 0 aliphatic rings. The second kappa shape index (κ2) is 11.8. The molecule has 6 heteroatoms. The zero-order valence-corrected chi connectivity index (χ0v) is 16.8. The number of carbonyl (C=O) groups excluding carboxylic acids is 2. The SMILES string of the molecule is CC(C)(C)OC(=O)NC(C=O)Cc1ccc(OCc2ccccc2)cc1.CO. The summed E-state index contributed by atoms with van der Waals surface area (Å²) in [5.74, 6) is 0.750. The molecule has 0 bridgehead atoms. The minimum atomic E-state index is -0.638. The Labute approximate surface area is 166 Å². The van der Waals surface area contributed by atoms with Crippen LogP contribution in [0.5, 0.6) is 5.75 Å². The van der Waals surface area contributed by atoms with Crippen molar-refractivity contribution in [3.63, 3.8) is 0 Å². The maximum atomic E-state index is 11.8. The van der Waals surface area contributed by atoms with E-state index in [1.807, 2.05) is 54.6 Å². The van der Waals surface area contributed by atoms with Gasteiger partial charge in [-0.3, -0.25) is 0 Å². The van der Waals surface area contributed by atoms with Crippen LogP contribution in [0.3, 0.4) is 0 Å². The average molecular weight is 387 g/mol. The van der Waals surface area contributed by atoms with E-state index in [0.717, 1.165) is 24.0 Å². The third-order valence-electron chi connectivity index (χ3n) is 3.49. The van der Waals surface area contributed by atoms with Crippen molar-refractivity contribution in [1.29, 1.82) is 0 Å². The highest BCUT2D eigenvalue weighted by Crippen LogP contribution is 2.15. The summed E-state index contributed by atoms with van der Waals surface area (Å²) in [6.07, 6.45) is 0.503. The third kappa shape index (κ3) is 9.19. The van der Waals surface area contributed by atoms with Crippen LogP contribution >= 0.6 is 0 Å². The predicted octanol–water partition coefficient (Wildman–Crippen LogP) is 3.51. The molecule has 2 rings (SSSR count). The van der Waals surface area contributed by atoms with Gasteiger partial charge in [0, 0.05) is 7.11 Å². The molecule has 1 amide bonds. The standard InChI is InChI=1S/C21H25NO4.CH4O/c1-21(2,3)26-20(24)22-18(14-23)13-16-9-11-19(12-10-16)25-15-17-7-5-4-6-8-17;1-2/h4-12,14,18H,13,15H2,1-3H3,(H,22,24);2H,1H3. The molecule has 1 atom stereocenters. The van der Waals surface area contributed by atoms with Crippen LogP contribution in [0.25, 0.3) is 0 Å². The molecule has 0 spiro atoms. The lowest BCUT2D eigenvalue weighted by Gasteiger charge is -2.21. The summed E-state index contributed by atoms with van der Waals surface area (Å²) in [5, 5.41) is 9.57. The molecular weight excluding hydrogens is 358 g/mol. The van der Waals surface area contributed by atoms with Crippen LogP contribution in [0.15, 0.2) is 54.6 Å². The first-order valence-corrected chi connectivity index (χ1v) is 9.01. The van der Waals surface area contributed by atoms with E-state index in [0.29, 0.717) is 19.3 Å². The fraction of sp³-hybridized carbons (Fsp3) is 0.364. The van der Waals surface area contributed by atoms with Gasteiger partial charge in [0.2, 0.25) is 0 Å². The van der Waals surface area contributed by atoms with E-state index in [1.54, 1.807) is 20.8 Å². The molecule has 6 nitrogen and oxygen atoms in total. The maximum Gasteiger partial charge on any atom is 0.408 e. The van der Waals surface area contributed by atoms with Crippen molar-refractivity contribution in [1.82, 2.24) is 5.32 Å². The van der Waals surface area contributed by atoms with Crippen LogP contribution in [0.1, 0.15) is 31.9 Å². The van der Waals surface area contributed by atoms with Gasteiger partial charge >= 0.3 is 6.09 Å². The van der Waals surface area contributed by atoms with Crippen LogP contribution in [0.4, 0.5) is 4.79 Å². The number of aldehydes is 1. The number of aliphatic hydroxyl groups is 1. The summed E-state index contributed by atoms with van der Waals surface area (Å²) in [7, 11) is 1.00. The third-order valence-corrected chi connectivity index (χ3v) is 3.49.